The van der Waals surface area contributed by atoms with Gasteiger partial charge in [-0.15, -0.1) is 11.3 Å². The standard InChI is InChI=1S/C15H27N3OS/c1-5-12-13(11-16-15(2,3)4)20-14(17-12)18-7-6-9-19-10-8-18/h16H,5-11H2,1-4H3. The van der Waals surface area contributed by atoms with E-state index < -0.39 is 0 Å². The topological polar surface area (TPSA) is 37.4 Å². The Morgan fingerprint density at radius 2 is 2.10 bits per heavy atom. The number of aryl methyl sites for hydroxylation is 1. The fraction of sp³-hybridized carbons (Fsp3) is 0.800. The number of hydrogen-bond acceptors (Lipinski definition) is 5. The molecular weight excluding hydrogens is 270 g/mol. The van der Waals surface area contributed by atoms with Crippen LogP contribution in [0.1, 0.15) is 44.7 Å². The van der Waals surface area contributed by atoms with E-state index in [9.17, 15) is 0 Å². The molecule has 0 amide bonds. The number of thiazole rings is 1. The molecule has 4 nitrogen and oxygen atoms in total. The number of anilines is 1. The van der Waals surface area contributed by atoms with Crippen molar-refractivity contribution in [2.24, 2.45) is 0 Å². The molecule has 1 saturated heterocycles. The van der Waals surface area contributed by atoms with E-state index in [0.717, 1.165) is 50.8 Å². The van der Waals surface area contributed by atoms with Crippen molar-refractivity contribution in [2.75, 3.05) is 31.2 Å². The van der Waals surface area contributed by atoms with Gasteiger partial charge < -0.3 is 15.0 Å². The second kappa shape index (κ2) is 6.87. The highest BCUT2D eigenvalue weighted by Gasteiger charge is 2.18. The number of nitrogens with one attached hydrogen (secondary N) is 1. The molecule has 5 heteroatoms. The lowest BCUT2D eigenvalue weighted by Crippen LogP contribution is -2.35. The molecular formula is C15H27N3OS. The molecule has 0 atom stereocenters. The summed E-state index contributed by atoms with van der Waals surface area (Å²) in [6.07, 6.45) is 2.10. The van der Waals surface area contributed by atoms with Gasteiger partial charge in [0.05, 0.1) is 12.3 Å². The maximum absolute atomic E-state index is 5.52. The molecule has 0 spiro atoms. The molecule has 0 aliphatic carbocycles. The molecule has 0 unspecified atom stereocenters. The molecule has 1 aliphatic heterocycles. The Bertz CT molecular complexity index is 417. The molecule has 2 rings (SSSR count). The van der Waals surface area contributed by atoms with Crippen LogP contribution in [0.5, 0.6) is 0 Å². The Morgan fingerprint density at radius 1 is 1.30 bits per heavy atom. The van der Waals surface area contributed by atoms with Gasteiger partial charge in [0.1, 0.15) is 0 Å². The highest BCUT2D eigenvalue weighted by molar-refractivity contribution is 7.15. The van der Waals surface area contributed by atoms with E-state index in [1.807, 2.05) is 11.3 Å². The fourth-order valence-electron chi connectivity index (χ4n) is 2.20. The number of ether oxygens (including phenoxy) is 1. The second-order valence-corrected chi connectivity index (χ2v) is 7.34. The van der Waals surface area contributed by atoms with Crippen LogP contribution in [0.25, 0.3) is 0 Å². The van der Waals surface area contributed by atoms with E-state index in [1.165, 1.54) is 10.6 Å². The van der Waals surface area contributed by atoms with E-state index >= 15 is 0 Å². The van der Waals surface area contributed by atoms with E-state index in [0.29, 0.717) is 0 Å². The third-order valence-electron chi connectivity index (χ3n) is 3.37. The summed E-state index contributed by atoms with van der Waals surface area (Å²) in [6, 6.07) is 0. The largest absolute Gasteiger partial charge is 0.380 e. The predicted octanol–water partition coefficient (Wildman–Crippen LogP) is 2.82. The summed E-state index contributed by atoms with van der Waals surface area (Å²) in [7, 11) is 0. The first-order valence-electron chi connectivity index (χ1n) is 7.56. The van der Waals surface area contributed by atoms with Crippen molar-refractivity contribution >= 4 is 16.5 Å². The Morgan fingerprint density at radius 3 is 2.80 bits per heavy atom. The van der Waals surface area contributed by atoms with Gasteiger partial charge in [0, 0.05) is 36.7 Å². The van der Waals surface area contributed by atoms with E-state index in [-0.39, 0.29) is 5.54 Å². The Hall–Kier alpha value is -0.650. The van der Waals surface area contributed by atoms with Crippen LogP contribution in [0.2, 0.25) is 0 Å². The molecule has 1 aliphatic rings. The smallest absolute Gasteiger partial charge is 0.185 e. The van der Waals surface area contributed by atoms with Gasteiger partial charge in [0.2, 0.25) is 0 Å². The van der Waals surface area contributed by atoms with Crippen LogP contribution in [-0.2, 0) is 17.7 Å². The van der Waals surface area contributed by atoms with Gasteiger partial charge in [-0.2, -0.15) is 0 Å². The van der Waals surface area contributed by atoms with E-state index in [4.69, 9.17) is 9.72 Å². The summed E-state index contributed by atoms with van der Waals surface area (Å²) in [6.45, 7) is 13.4. The minimum atomic E-state index is 0.144. The number of rotatable bonds is 4. The maximum atomic E-state index is 5.52. The van der Waals surface area contributed by atoms with Gasteiger partial charge in [-0.25, -0.2) is 4.98 Å². The van der Waals surface area contributed by atoms with Gasteiger partial charge >= 0.3 is 0 Å². The molecule has 1 aromatic rings. The van der Waals surface area contributed by atoms with Crippen LogP contribution < -0.4 is 10.2 Å². The average Bonchev–Trinajstić information content (AvgIpc) is 2.60. The molecule has 0 bridgehead atoms. The third-order valence-corrected chi connectivity index (χ3v) is 4.53. The summed E-state index contributed by atoms with van der Waals surface area (Å²) < 4.78 is 5.52. The van der Waals surface area contributed by atoms with E-state index in [1.54, 1.807) is 0 Å². The number of aromatic nitrogens is 1. The Kier molecular flexibility index (Phi) is 5.41. The monoisotopic (exact) mass is 297 g/mol. The molecule has 0 saturated carbocycles. The average molecular weight is 297 g/mol. The molecule has 114 valence electrons. The molecule has 20 heavy (non-hydrogen) atoms. The third kappa shape index (κ3) is 4.43. The number of hydrogen-bond donors (Lipinski definition) is 1. The minimum absolute atomic E-state index is 0.144. The quantitative estimate of drug-likeness (QED) is 0.927. The van der Waals surface area contributed by atoms with Crippen LogP contribution in [0, 0.1) is 0 Å². The summed E-state index contributed by atoms with van der Waals surface area (Å²) in [5.41, 5.74) is 1.39. The molecule has 1 fully saturated rings. The molecule has 1 aromatic heterocycles. The first-order valence-corrected chi connectivity index (χ1v) is 8.37. The summed E-state index contributed by atoms with van der Waals surface area (Å²) in [5, 5.41) is 4.73. The highest BCUT2D eigenvalue weighted by Crippen LogP contribution is 2.28. The van der Waals surface area contributed by atoms with Gasteiger partial charge in [-0.3, -0.25) is 0 Å². The maximum Gasteiger partial charge on any atom is 0.185 e. The summed E-state index contributed by atoms with van der Waals surface area (Å²) >= 11 is 1.84. The zero-order chi connectivity index (χ0) is 14.6. The SMILES string of the molecule is CCc1nc(N2CCCOCC2)sc1CNC(C)(C)C. The first-order chi connectivity index (χ1) is 9.49. The summed E-state index contributed by atoms with van der Waals surface area (Å²) in [5.74, 6) is 0. The van der Waals surface area contributed by atoms with Crippen LogP contribution in [0.15, 0.2) is 0 Å². The lowest BCUT2D eigenvalue weighted by molar-refractivity contribution is 0.152. The van der Waals surface area contributed by atoms with Crippen molar-refractivity contribution in [3.63, 3.8) is 0 Å². The minimum Gasteiger partial charge on any atom is -0.380 e. The van der Waals surface area contributed by atoms with Crippen LogP contribution in [-0.4, -0.2) is 36.8 Å². The fourth-order valence-corrected chi connectivity index (χ4v) is 3.34. The Balaban J connectivity index is 2.08. The van der Waals surface area contributed by atoms with E-state index in [2.05, 4.69) is 37.9 Å². The van der Waals surface area contributed by atoms with Crippen LogP contribution in [0.4, 0.5) is 5.13 Å². The van der Waals surface area contributed by atoms with Crippen molar-refractivity contribution in [2.45, 2.75) is 52.6 Å². The molecule has 0 radical (unpaired) electrons. The molecule has 0 aromatic carbocycles. The lowest BCUT2D eigenvalue weighted by Gasteiger charge is -2.20. The van der Waals surface area contributed by atoms with Crippen molar-refractivity contribution in [1.82, 2.24) is 10.3 Å². The van der Waals surface area contributed by atoms with Crippen LogP contribution >= 0.6 is 11.3 Å². The van der Waals surface area contributed by atoms with Gasteiger partial charge in [-0.1, -0.05) is 6.92 Å². The zero-order valence-electron chi connectivity index (χ0n) is 13.2. The van der Waals surface area contributed by atoms with Gasteiger partial charge in [0.25, 0.3) is 0 Å². The van der Waals surface area contributed by atoms with Crippen molar-refractivity contribution in [3.05, 3.63) is 10.6 Å². The first kappa shape index (κ1) is 15.7. The van der Waals surface area contributed by atoms with Crippen molar-refractivity contribution in [1.29, 1.82) is 0 Å². The molecule has 2 heterocycles. The van der Waals surface area contributed by atoms with Crippen LogP contribution in [0.3, 0.4) is 0 Å². The molecule has 1 N–H and O–H groups in total. The summed E-state index contributed by atoms with van der Waals surface area (Å²) in [4.78, 5) is 8.59. The second-order valence-electron chi connectivity index (χ2n) is 6.28. The predicted molar refractivity (Wildman–Crippen MR) is 85.7 cm³/mol. The number of nitrogens with zero attached hydrogens (tertiary/aromatic N) is 2. The van der Waals surface area contributed by atoms with Gasteiger partial charge in [0.15, 0.2) is 5.13 Å². The van der Waals surface area contributed by atoms with Crippen molar-refractivity contribution in [3.8, 4) is 0 Å². The zero-order valence-corrected chi connectivity index (χ0v) is 14.0. The normalized spacial score (nSPS) is 17.3. The van der Waals surface area contributed by atoms with Gasteiger partial charge in [-0.05, 0) is 33.6 Å². The highest BCUT2D eigenvalue weighted by atomic mass is 32.1. The lowest BCUT2D eigenvalue weighted by atomic mass is 10.1. The Labute approximate surface area is 126 Å². The van der Waals surface area contributed by atoms with Crippen molar-refractivity contribution < 1.29 is 4.74 Å².